The number of aromatic nitrogens is 1. The first-order valence-electron chi connectivity index (χ1n) is 7.79. The van der Waals surface area contributed by atoms with Gasteiger partial charge in [-0.2, -0.15) is 0 Å². The fraction of sp³-hybridized carbons (Fsp3) is 0.176. The summed E-state index contributed by atoms with van der Waals surface area (Å²) in [6.45, 7) is -0.678. The van der Waals surface area contributed by atoms with Crippen LogP contribution in [-0.2, 0) is 4.84 Å². The van der Waals surface area contributed by atoms with Crippen molar-refractivity contribution in [2.24, 2.45) is 0 Å². The Morgan fingerprint density at radius 1 is 1.41 bits per heavy atom. The number of nitrogens with zero attached hydrogens (tertiary/aromatic N) is 1. The van der Waals surface area contributed by atoms with Gasteiger partial charge >= 0.3 is 0 Å². The minimum absolute atomic E-state index is 0.222. The summed E-state index contributed by atoms with van der Waals surface area (Å²) in [5, 5.41) is 22.6. The van der Waals surface area contributed by atoms with Crippen LogP contribution in [0.3, 0.4) is 0 Å². The standard InChI is InChI=1S/C17H15ClIN3O4S/c18-12-5-9(19)1-2-13(12)21-15-11-6-20-4-3-14(11)27-16(15)17(25)22-26-8-10(24)7-23/h1-6,10,21,23-24H,7-8H2,(H,22,25)/t10-/m1/s1. The van der Waals surface area contributed by atoms with Gasteiger partial charge in [0.15, 0.2) is 0 Å². The highest BCUT2D eigenvalue weighted by Gasteiger charge is 2.20. The van der Waals surface area contributed by atoms with E-state index in [0.29, 0.717) is 21.3 Å². The number of hydrogen-bond donors (Lipinski definition) is 4. The molecule has 2 heterocycles. The first kappa shape index (κ1) is 20.2. The second-order valence-electron chi connectivity index (χ2n) is 5.51. The number of carbonyl (C=O) groups excluding carboxylic acids is 1. The van der Waals surface area contributed by atoms with Crippen LogP contribution < -0.4 is 10.8 Å². The quantitative estimate of drug-likeness (QED) is 0.282. The molecule has 0 aliphatic heterocycles. The number of halogens is 2. The fourth-order valence-corrected chi connectivity index (χ4v) is 4.17. The van der Waals surface area contributed by atoms with Crippen LogP contribution in [0.1, 0.15) is 9.67 Å². The van der Waals surface area contributed by atoms with Gasteiger partial charge in [-0.25, -0.2) is 5.48 Å². The van der Waals surface area contributed by atoms with Crippen molar-refractivity contribution in [1.29, 1.82) is 0 Å². The molecule has 27 heavy (non-hydrogen) atoms. The van der Waals surface area contributed by atoms with Crippen LogP contribution in [0.25, 0.3) is 10.1 Å². The van der Waals surface area contributed by atoms with Gasteiger partial charge in [0.2, 0.25) is 0 Å². The molecule has 142 valence electrons. The monoisotopic (exact) mass is 519 g/mol. The molecule has 3 aromatic rings. The highest BCUT2D eigenvalue weighted by Crippen LogP contribution is 2.38. The number of pyridine rings is 1. The molecule has 0 fully saturated rings. The zero-order chi connectivity index (χ0) is 19.4. The molecule has 0 spiro atoms. The number of fused-ring (bicyclic) bond motifs is 1. The zero-order valence-corrected chi connectivity index (χ0v) is 17.5. The number of aliphatic hydroxyl groups excluding tert-OH is 2. The van der Waals surface area contributed by atoms with Crippen molar-refractivity contribution in [3.63, 3.8) is 0 Å². The van der Waals surface area contributed by atoms with E-state index in [9.17, 15) is 9.90 Å². The smallest absolute Gasteiger partial charge is 0.287 e. The average molecular weight is 520 g/mol. The van der Waals surface area contributed by atoms with Crippen LogP contribution in [0.5, 0.6) is 0 Å². The van der Waals surface area contributed by atoms with Crippen LogP contribution >= 0.6 is 45.5 Å². The Balaban J connectivity index is 1.90. The van der Waals surface area contributed by atoms with E-state index < -0.39 is 18.6 Å². The molecule has 0 bridgehead atoms. The molecule has 4 N–H and O–H groups in total. The Bertz CT molecular complexity index is 969. The van der Waals surface area contributed by atoms with Gasteiger partial charge in [-0.05, 0) is 46.9 Å². The molecule has 2 aromatic heterocycles. The van der Waals surface area contributed by atoms with Gasteiger partial charge in [0.25, 0.3) is 5.91 Å². The third-order valence-corrected chi connectivity index (χ3v) is 5.69. The SMILES string of the molecule is O=C(NOC[C@H](O)CO)c1sc2ccncc2c1Nc1ccc(I)cc1Cl. The summed E-state index contributed by atoms with van der Waals surface area (Å²) in [5.41, 5.74) is 3.50. The number of amides is 1. The molecule has 0 unspecified atom stereocenters. The van der Waals surface area contributed by atoms with Crippen molar-refractivity contribution in [3.8, 4) is 0 Å². The maximum Gasteiger partial charge on any atom is 0.287 e. The van der Waals surface area contributed by atoms with Gasteiger partial charge < -0.3 is 15.5 Å². The van der Waals surface area contributed by atoms with Crippen molar-refractivity contribution in [2.75, 3.05) is 18.5 Å². The first-order chi connectivity index (χ1) is 13.0. The van der Waals surface area contributed by atoms with E-state index in [1.54, 1.807) is 12.4 Å². The van der Waals surface area contributed by atoms with Crippen molar-refractivity contribution < 1.29 is 19.8 Å². The molecular formula is C17H15ClIN3O4S. The van der Waals surface area contributed by atoms with E-state index in [1.165, 1.54) is 11.3 Å². The summed E-state index contributed by atoms with van der Waals surface area (Å²) in [7, 11) is 0. The lowest BCUT2D eigenvalue weighted by atomic mass is 10.2. The number of thiophene rings is 1. The summed E-state index contributed by atoms with van der Waals surface area (Å²) in [4.78, 5) is 22.0. The van der Waals surface area contributed by atoms with Gasteiger partial charge in [-0.15, -0.1) is 11.3 Å². The Labute approximate surface area is 177 Å². The molecule has 1 atom stereocenters. The van der Waals surface area contributed by atoms with Crippen molar-refractivity contribution >= 4 is 72.9 Å². The van der Waals surface area contributed by atoms with Crippen LogP contribution in [0.15, 0.2) is 36.7 Å². The summed E-state index contributed by atoms with van der Waals surface area (Å²) >= 11 is 9.75. The van der Waals surface area contributed by atoms with E-state index in [-0.39, 0.29) is 6.61 Å². The minimum Gasteiger partial charge on any atom is -0.394 e. The highest BCUT2D eigenvalue weighted by atomic mass is 127. The van der Waals surface area contributed by atoms with Crippen LogP contribution in [0.2, 0.25) is 5.02 Å². The van der Waals surface area contributed by atoms with Gasteiger partial charge in [0.05, 0.1) is 23.0 Å². The summed E-state index contributed by atoms with van der Waals surface area (Å²) in [6.07, 6.45) is 2.25. The predicted octanol–water partition coefficient (Wildman–Crippen LogP) is 3.31. The average Bonchev–Trinajstić information content (AvgIpc) is 3.02. The normalized spacial score (nSPS) is 12.1. The lowest BCUT2D eigenvalue weighted by molar-refractivity contribution is -0.0293. The number of hydroxylamine groups is 1. The highest BCUT2D eigenvalue weighted by molar-refractivity contribution is 14.1. The largest absolute Gasteiger partial charge is 0.394 e. The minimum atomic E-state index is -1.07. The zero-order valence-electron chi connectivity index (χ0n) is 13.8. The summed E-state index contributed by atoms with van der Waals surface area (Å²) < 4.78 is 1.86. The molecule has 0 radical (unpaired) electrons. The Morgan fingerprint density at radius 2 is 2.22 bits per heavy atom. The molecule has 0 aliphatic rings. The van der Waals surface area contributed by atoms with Gasteiger partial charge in [0.1, 0.15) is 17.6 Å². The van der Waals surface area contributed by atoms with Gasteiger partial charge in [-0.3, -0.25) is 14.6 Å². The van der Waals surface area contributed by atoms with Crippen LogP contribution in [0.4, 0.5) is 11.4 Å². The summed E-state index contributed by atoms with van der Waals surface area (Å²) in [6, 6.07) is 7.37. The number of nitrogens with one attached hydrogen (secondary N) is 2. The molecule has 3 rings (SSSR count). The van der Waals surface area contributed by atoms with E-state index in [0.717, 1.165) is 13.7 Å². The molecule has 0 saturated heterocycles. The van der Waals surface area contributed by atoms with E-state index in [1.807, 2.05) is 24.3 Å². The van der Waals surface area contributed by atoms with E-state index in [4.69, 9.17) is 21.5 Å². The molecule has 7 nitrogen and oxygen atoms in total. The summed E-state index contributed by atoms with van der Waals surface area (Å²) in [5.74, 6) is -0.481. The molecular weight excluding hydrogens is 505 g/mol. The third-order valence-electron chi connectivity index (χ3n) is 3.54. The van der Waals surface area contributed by atoms with Crippen LogP contribution in [0, 0.1) is 3.57 Å². The number of benzene rings is 1. The Kier molecular flexibility index (Phi) is 6.84. The number of rotatable bonds is 7. The second kappa shape index (κ2) is 9.13. The number of carbonyl (C=O) groups is 1. The van der Waals surface area contributed by atoms with Crippen LogP contribution in [-0.4, -0.2) is 40.4 Å². The maximum atomic E-state index is 12.6. The topological polar surface area (TPSA) is 104 Å². The molecule has 0 saturated carbocycles. The molecule has 0 aliphatic carbocycles. The predicted molar refractivity (Wildman–Crippen MR) is 114 cm³/mol. The second-order valence-corrected chi connectivity index (χ2v) is 8.21. The van der Waals surface area contributed by atoms with Gasteiger partial charge in [-0.1, -0.05) is 11.6 Å². The van der Waals surface area contributed by atoms with Crippen molar-refractivity contribution in [3.05, 3.63) is 50.1 Å². The molecule has 1 amide bonds. The maximum absolute atomic E-state index is 12.6. The third kappa shape index (κ3) is 4.86. The van der Waals surface area contributed by atoms with Crippen molar-refractivity contribution in [1.82, 2.24) is 10.5 Å². The number of hydrogen-bond acceptors (Lipinski definition) is 7. The van der Waals surface area contributed by atoms with E-state index in [2.05, 4.69) is 38.4 Å². The van der Waals surface area contributed by atoms with E-state index >= 15 is 0 Å². The number of aliphatic hydroxyl groups is 2. The molecule has 1 aromatic carbocycles. The Hall–Kier alpha value is -1.50. The first-order valence-corrected chi connectivity index (χ1v) is 10.1. The van der Waals surface area contributed by atoms with Gasteiger partial charge in [0, 0.05) is 26.1 Å². The lowest BCUT2D eigenvalue weighted by Gasteiger charge is -2.12. The lowest BCUT2D eigenvalue weighted by Crippen LogP contribution is -2.29. The van der Waals surface area contributed by atoms with Crippen molar-refractivity contribution in [2.45, 2.75) is 6.10 Å². The Morgan fingerprint density at radius 3 is 2.96 bits per heavy atom. The number of anilines is 2. The molecule has 10 heteroatoms. The fourth-order valence-electron chi connectivity index (χ4n) is 2.25.